The number of aromatic nitrogens is 3. The number of imidazole rings is 1. The topological polar surface area (TPSA) is 79.9 Å². The summed E-state index contributed by atoms with van der Waals surface area (Å²) in [5.41, 5.74) is 2.81. The number of hydrogen-bond donors (Lipinski definition) is 2. The Morgan fingerprint density at radius 2 is 2.17 bits per heavy atom. The van der Waals surface area contributed by atoms with Crippen LogP contribution in [0.2, 0.25) is 0 Å². The molecule has 3 rings (SSSR count). The van der Waals surface area contributed by atoms with Gasteiger partial charge in [0.2, 0.25) is 5.91 Å². The SMILES string of the molecule is COc1ccc(-c2nc(CC(=O)NCCc3cnc[nH]3)cs2)cc1. The van der Waals surface area contributed by atoms with Gasteiger partial charge in [0, 0.05) is 35.8 Å². The summed E-state index contributed by atoms with van der Waals surface area (Å²) in [6.45, 7) is 0.580. The van der Waals surface area contributed by atoms with Crippen molar-refractivity contribution in [3.63, 3.8) is 0 Å². The number of hydrogen-bond acceptors (Lipinski definition) is 5. The maximum Gasteiger partial charge on any atom is 0.226 e. The van der Waals surface area contributed by atoms with Gasteiger partial charge in [-0.1, -0.05) is 0 Å². The van der Waals surface area contributed by atoms with Gasteiger partial charge in [0.05, 0.1) is 25.6 Å². The second kappa shape index (κ2) is 7.74. The van der Waals surface area contributed by atoms with Crippen LogP contribution in [0.1, 0.15) is 11.4 Å². The zero-order valence-electron chi connectivity index (χ0n) is 13.3. The highest BCUT2D eigenvalue weighted by Gasteiger charge is 2.09. The zero-order valence-corrected chi connectivity index (χ0v) is 14.1. The first-order chi connectivity index (χ1) is 11.7. The Labute approximate surface area is 143 Å². The molecule has 7 heteroatoms. The number of nitrogens with one attached hydrogen (secondary N) is 2. The molecule has 0 aliphatic carbocycles. The third kappa shape index (κ3) is 4.20. The van der Waals surface area contributed by atoms with E-state index in [0.717, 1.165) is 34.1 Å². The molecular weight excluding hydrogens is 324 g/mol. The van der Waals surface area contributed by atoms with Gasteiger partial charge in [-0.25, -0.2) is 9.97 Å². The van der Waals surface area contributed by atoms with Crippen LogP contribution in [-0.2, 0) is 17.6 Å². The van der Waals surface area contributed by atoms with Gasteiger partial charge in [0.25, 0.3) is 0 Å². The second-order valence-electron chi connectivity index (χ2n) is 5.23. The molecule has 0 saturated carbocycles. The van der Waals surface area contributed by atoms with Crippen molar-refractivity contribution in [3.8, 4) is 16.3 Å². The van der Waals surface area contributed by atoms with Crippen LogP contribution in [0.15, 0.2) is 42.2 Å². The van der Waals surface area contributed by atoms with E-state index in [1.807, 2.05) is 29.6 Å². The molecule has 24 heavy (non-hydrogen) atoms. The summed E-state index contributed by atoms with van der Waals surface area (Å²) in [5.74, 6) is 0.785. The summed E-state index contributed by atoms with van der Waals surface area (Å²) in [5, 5.41) is 5.72. The van der Waals surface area contributed by atoms with E-state index in [0.29, 0.717) is 6.54 Å². The Kier molecular flexibility index (Phi) is 5.22. The summed E-state index contributed by atoms with van der Waals surface area (Å²) >= 11 is 1.53. The van der Waals surface area contributed by atoms with Gasteiger partial charge >= 0.3 is 0 Å². The normalized spacial score (nSPS) is 10.5. The molecule has 0 saturated heterocycles. The Morgan fingerprint density at radius 1 is 1.33 bits per heavy atom. The third-order valence-electron chi connectivity index (χ3n) is 3.50. The molecule has 124 valence electrons. The molecule has 0 aliphatic rings. The minimum atomic E-state index is -0.0268. The quantitative estimate of drug-likeness (QED) is 0.691. The fourth-order valence-electron chi connectivity index (χ4n) is 2.24. The number of nitrogens with zero attached hydrogens (tertiary/aromatic N) is 2. The molecule has 1 amide bonds. The molecule has 1 aromatic carbocycles. The maximum atomic E-state index is 12.0. The predicted octanol–water partition coefficient (Wildman–Crippen LogP) is 2.44. The number of aromatic amines is 1. The van der Waals surface area contributed by atoms with Crippen molar-refractivity contribution in [2.45, 2.75) is 12.8 Å². The van der Waals surface area contributed by atoms with E-state index in [-0.39, 0.29) is 12.3 Å². The van der Waals surface area contributed by atoms with Crippen LogP contribution in [0.3, 0.4) is 0 Å². The number of ether oxygens (including phenoxy) is 1. The van der Waals surface area contributed by atoms with Gasteiger partial charge in [-0.15, -0.1) is 11.3 Å². The minimum absolute atomic E-state index is 0.0268. The van der Waals surface area contributed by atoms with E-state index in [1.165, 1.54) is 11.3 Å². The summed E-state index contributed by atoms with van der Waals surface area (Å²) < 4.78 is 5.15. The fraction of sp³-hybridized carbons (Fsp3) is 0.235. The molecule has 6 nitrogen and oxygen atoms in total. The van der Waals surface area contributed by atoms with Crippen molar-refractivity contribution in [2.75, 3.05) is 13.7 Å². The fourth-order valence-corrected chi connectivity index (χ4v) is 3.07. The summed E-state index contributed by atoms with van der Waals surface area (Å²) in [6, 6.07) is 7.73. The summed E-state index contributed by atoms with van der Waals surface area (Å²) in [6.07, 6.45) is 4.41. The molecule has 3 aromatic rings. The van der Waals surface area contributed by atoms with Gasteiger partial charge < -0.3 is 15.0 Å². The van der Waals surface area contributed by atoms with E-state index in [4.69, 9.17) is 4.74 Å². The molecule has 0 aliphatic heterocycles. The zero-order chi connectivity index (χ0) is 16.8. The van der Waals surface area contributed by atoms with Crippen molar-refractivity contribution in [1.82, 2.24) is 20.3 Å². The average molecular weight is 342 g/mol. The first-order valence-corrected chi connectivity index (χ1v) is 8.45. The highest BCUT2D eigenvalue weighted by molar-refractivity contribution is 7.13. The van der Waals surface area contributed by atoms with Crippen LogP contribution in [0, 0.1) is 0 Å². The van der Waals surface area contributed by atoms with Crippen molar-refractivity contribution in [3.05, 3.63) is 53.6 Å². The number of rotatable bonds is 7. The first kappa shape index (κ1) is 16.2. The van der Waals surface area contributed by atoms with Gasteiger partial charge in [0.15, 0.2) is 0 Å². The minimum Gasteiger partial charge on any atom is -0.497 e. The van der Waals surface area contributed by atoms with Crippen LogP contribution in [0.25, 0.3) is 10.6 Å². The van der Waals surface area contributed by atoms with E-state index >= 15 is 0 Å². The van der Waals surface area contributed by atoms with Crippen LogP contribution in [-0.4, -0.2) is 34.5 Å². The maximum absolute atomic E-state index is 12.0. The van der Waals surface area contributed by atoms with Gasteiger partial charge in [-0.05, 0) is 24.3 Å². The van der Waals surface area contributed by atoms with Gasteiger partial charge in [-0.3, -0.25) is 4.79 Å². The lowest BCUT2D eigenvalue weighted by Gasteiger charge is -2.02. The Bertz CT molecular complexity index is 781. The second-order valence-corrected chi connectivity index (χ2v) is 6.08. The first-order valence-electron chi connectivity index (χ1n) is 7.57. The van der Waals surface area contributed by atoms with Crippen molar-refractivity contribution in [1.29, 1.82) is 0 Å². The van der Waals surface area contributed by atoms with Gasteiger partial charge in [0.1, 0.15) is 10.8 Å². The lowest BCUT2D eigenvalue weighted by atomic mass is 10.2. The van der Waals surface area contributed by atoms with Crippen LogP contribution >= 0.6 is 11.3 Å². The Hall–Kier alpha value is -2.67. The molecule has 0 atom stereocenters. The molecule has 0 spiro atoms. The highest BCUT2D eigenvalue weighted by atomic mass is 32.1. The molecule has 0 bridgehead atoms. The number of methoxy groups -OCH3 is 1. The third-order valence-corrected chi connectivity index (χ3v) is 4.44. The summed E-state index contributed by atoms with van der Waals surface area (Å²) in [7, 11) is 1.64. The van der Waals surface area contributed by atoms with Crippen LogP contribution < -0.4 is 10.1 Å². The molecular formula is C17H18N4O2S. The number of benzene rings is 1. The summed E-state index contributed by atoms with van der Waals surface area (Å²) in [4.78, 5) is 23.5. The monoisotopic (exact) mass is 342 g/mol. The van der Waals surface area contributed by atoms with E-state index < -0.39 is 0 Å². The van der Waals surface area contributed by atoms with Crippen molar-refractivity contribution in [2.24, 2.45) is 0 Å². The van der Waals surface area contributed by atoms with Crippen LogP contribution in [0.4, 0.5) is 0 Å². The molecule has 0 fully saturated rings. The van der Waals surface area contributed by atoms with E-state index in [2.05, 4.69) is 20.3 Å². The number of carbonyl (C=O) groups excluding carboxylic acids is 1. The van der Waals surface area contributed by atoms with Crippen molar-refractivity contribution < 1.29 is 9.53 Å². The van der Waals surface area contributed by atoms with Gasteiger partial charge in [-0.2, -0.15) is 0 Å². The average Bonchev–Trinajstić information content (AvgIpc) is 3.27. The number of thiazole rings is 1. The number of amides is 1. The van der Waals surface area contributed by atoms with E-state index in [1.54, 1.807) is 19.6 Å². The largest absolute Gasteiger partial charge is 0.497 e. The lowest BCUT2D eigenvalue weighted by Crippen LogP contribution is -2.27. The van der Waals surface area contributed by atoms with E-state index in [9.17, 15) is 4.79 Å². The molecule has 2 aromatic heterocycles. The molecule has 0 radical (unpaired) electrons. The Balaban J connectivity index is 1.52. The van der Waals surface area contributed by atoms with Crippen molar-refractivity contribution >= 4 is 17.2 Å². The Morgan fingerprint density at radius 3 is 2.88 bits per heavy atom. The molecule has 2 heterocycles. The molecule has 0 unspecified atom stereocenters. The highest BCUT2D eigenvalue weighted by Crippen LogP contribution is 2.25. The smallest absolute Gasteiger partial charge is 0.226 e. The number of carbonyl (C=O) groups is 1. The number of H-pyrrole nitrogens is 1. The van der Waals surface area contributed by atoms with Crippen LogP contribution in [0.5, 0.6) is 5.75 Å². The lowest BCUT2D eigenvalue weighted by molar-refractivity contribution is -0.120. The molecule has 2 N–H and O–H groups in total. The predicted molar refractivity (Wildman–Crippen MR) is 93.1 cm³/mol. The standard InChI is InChI=1S/C17H18N4O2S/c1-23-15-4-2-12(3-5-15)17-21-14(10-24-17)8-16(22)19-7-6-13-9-18-11-20-13/h2-5,9-11H,6-8H2,1H3,(H,18,20)(H,19,22).